The molecule has 1 aromatic heterocycles. The quantitative estimate of drug-likeness (QED) is 0.661. The lowest BCUT2D eigenvalue weighted by Crippen LogP contribution is -2.40. The topological polar surface area (TPSA) is 88.9 Å². The summed E-state index contributed by atoms with van der Waals surface area (Å²) in [5.74, 6) is -0.0724. The molecule has 0 saturated carbocycles. The summed E-state index contributed by atoms with van der Waals surface area (Å²) < 4.78 is 40.9. The van der Waals surface area contributed by atoms with Crippen LogP contribution < -0.4 is 4.72 Å². The van der Waals surface area contributed by atoms with Crippen LogP contribution in [0.4, 0.5) is 5.69 Å². The minimum atomic E-state index is -3.96. The van der Waals surface area contributed by atoms with Crippen LogP contribution in [0.1, 0.15) is 32.8 Å². The van der Waals surface area contributed by atoms with Crippen LogP contribution in [0.25, 0.3) is 11.0 Å². The predicted molar refractivity (Wildman–Crippen MR) is 119 cm³/mol. The van der Waals surface area contributed by atoms with E-state index in [9.17, 15) is 13.2 Å². The number of fused-ring (bicyclic) bond motifs is 1. The van der Waals surface area contributed by atoms with Gasteiger partial charge in [0.15, 0.2) is 11.3 Å². The highest BCUT2D eigenvalue weighted by Crippen LogP contribution is 2.36. The van der Waals surface area contributed by atoms with Crippen LogP contribution in [0, 0.1) is 27.7 Å². The predicted octanol–water partition coefficient (Wildman–Crippen LogP) is 3.94. The van der Waals surface area contributed by atoms with Gasteiger partial charge in [-0.3, -0.25) is 9.52 Å². The van der Waals surface area contributed by atoms with Crippen molar-refractivity contribution in [2.45, 2.75) is 32.6 Å². The molecule has 3 aromatic rings. The highest BCUT2D eigenvalue weighted by molar-refractivity contribution is 7.93. The summed E-state index contributed by atoms with van der Waals surface area (Å²) in [5.41, 5.74) is 3.57. The number of aryl methyl sites for hydroxylation is 3. The Morgan fingerprint density at radius 3 is 2.35 bits per heavy atom. The molecule has 4 rings (SSSR count). The molecule has 8 heteroatoms. The number of anilines is 1. The third kappa shape index (κ3) is 3.81. The van der Waals surface area contributed by atoms with Gasteiger partial charge in [-0.15, -0.1) is 0 Å². The number of hydrogen-bond acceptors (Lipinski definition) is 5. The van der Waals surface area contributed by atoms with E-state index in [0.29, 0.717) is 48.5 Å². The molecule has 0 radical (unpaired) electrons. The number of nitrogens with one attached hydrogen (secondary N) is 1. The second kappa shape index (κ2) is 8.01. The molecule has 0 bridgehead atoms. The number of para-hydroxylation sites is 1. The van der Waals surface area contributed by atoms with Gasteiger partial charge in [0, 0.05) is 24.0 Å². The second-order valence-corrected chi connectivity index (χ2v) is 9.52. The molecular formula is C23H26N2O5S. The fourth-order valence-corrected chi connectivity index (χ4v) is 5.44. The molecule has 1 amide bonds. The van der Waals surface area contributed by atoms with Crippen LogP contribution in [0.3, 0.4) is 0 Å². The van der Waals surface area contributed by atoms with E-state index in [0.717, 1.165) is 11.1 Å². The van der Waals surface area contributed by atoms with Crippen molar-refractivity contribution in [2.75, 3.05) is 31.0 Å². The van der Waals surface area contributed by atoms with Gasteiger partial charge in [-0.05, 0) is 56.5 Å². The van der Waals surface area contributed by atoms with Crippen molar-refractivity contribution in [1.82, 2.24) is 4.90 Å². The van der Waals surface area contributed by atoms with Gasteiger partial charge in [0.1, 0.15) is 4.90 Å². The first kappa shape index (κ1) is 21.4. The Kier molecular flexibility index (Phi) is 5.53. The zero-order valence-corrected chi connectivity index (χ0v) is 18.9. The average molecular weight is 443 g/mol. The largest absolute Gasteiger partial charge is 0.449 e. The first-order valence-corrected chi connectivity index (χ1v) is 11.7. The molecule has 0 atom stereocenters. The van der Waals surface area contributed by atoms with Crippen molar-refractivity contribution >= 4 is 32.6 Å². The number of morpholine rings is 1. The van der Waals surface area contributed by atoms with Crippen LogP contribution in [0.5, 0.6) is 0 Å². The van der Waals surface area contributed by atoms with Crippen LogP contribution in [0.2, 0.25) is 0 Å². The number of furan rings is 1. The molecule has 164 valence electrons. The number of hydrogen-bond donors (Lipinski definition) is 1. The molecule has 2 aromatic carbocycles. The molecule has 31 heavy (non-hydrogen) atoms. The summed E-state index contributed by atoms with van der Waals surface area (Å²) in [6, 6.07) is 9.07. The number of carbonyl (C=O) groups excluding carboxylic acids is 1. The Bertz CT molecular complexity index is 1270. The zero-order valence-electron chi connectivity index (χ0n) is 18.1. The molecule has 1 N–H and O–H groups in total. The Labute approximate surface area is 182 Å². The Balaban J connectivity index is 1.86. The molecule has 1 aliphatic rings. The van der Waals surface area contributed by atoms with E-state index >= 15 is 0 Å². The van der Waals surface area contributed by atoms with Crippen molar-refractivity contribution in [2.24, 2.45) is 0 Å². The molecule has 7 nitrogen and oxygen atoms in total. The molecule has 0 aliphatic carbocycles. The number of ether oxygens (including phenoxy) is 1. The smallest absolute Gasteiger partial charge is 0.290 e. The van der Waals surface area contributed by atoms with Gasteiger partial charge >= 0.3 is 0 Å². The SMILES string of the molecule is Cc1ccccc1NS(=O)(=O)c1c(C)c(C)cc2c(C)c(C(=O)N3CCOCC3)oc12. The number of sulfonamides is 1. The van der Waals surface area contributed by atoms with E-state index in [2.05, 4.69) is 4.72 Å². The van der Waals surface area contributed by atoms with Crippen molar-refractivity contribution < 1.29 is 22.4 Å². The van der Waals surface area contributed by atoms with Gasteiger partial charge < -0.3 is 14.1 Å². The van der Waals surface area contributed by atoms with E-state index in [1.807, 2.05) is 32.0 Å². The number of amides is 1. The lowest BCUT2D eigenvalue weighted by molar-refractivity contribution is 0.0283. The zero-order chi connectivity index (χ0) is 22.3. The molecule has 2 heterocycles. The van der Waals surface area contributed by atoms with E-state index in [4.69, 9.17) is 9.15 Å². The number of rotatable bonds is 4. The first-order chi connectivity index (χ1) is 14.7. The van der Waals surface area contributed by atoms with Gasteiger partial charge in [0.25, 0.3) is 15.9 Å². The molecule has 0 unspecified atom stereocenters. The maximum atomic E-state index is 13.4. The normalized spacial score (nSPS) is 14.8. The number of nitrogens with zero attached hydrogens (tertiary/aromatic N) is 1. The lowest BCUT2D eigenvalue weighted by Gasteiger charge is -2.26. The van der Waals surface area contributed by atoms with Crippen molar-refractivity contribution in [3.05, 3.63) is 58.3 Å². The van der Waals surface area contributed by atoms with E-state index in [-0.39, 0.29) is 22.1 Å². The highest BCUT2D eigenvalue weighted by atomic mass is 32.2. The molecule has 1 saturated heterocycles. The second-order valence-electron chi connectivity index (χ2n) is 7.91. The van der Waals surface area contributed by atoms with Gasteiger partial charge in [-0.2, -0.15) is 0 Å². The van der Waals surface area contributed by atoms with Gasteiger partial charge in [0.05, 0.1) is 18.9 Å². The monoisotopic (exact) mass is 442 g/mol. The Morgan fingerprint density at radius 1 is 1.00 bits per heavy atom. The summed E-state index contributed by atoms with van der Waals surface area (Å²) in [7, 11) is -3.96. The first-order valence-electron chi connectivity index (χ1n) is 10.2. The summed E-state index contributed by atoms with van der Waals surface area (Å²) in [5, 5.41) is 0.630. The third-order valence-electron chi connectivity index (χ3n) is 5.84. The van der Waals surface area contributed by atoms with Crippen molar-refractivity contribution in [3.8, 4) is 0 Å². The summed E-state index contributed by atoms with van der Waals surface area (Å²) in [4.78, 5) is 14.8. The van der Waals surface area contributed by atoms with Gasteiger partial charge in [-0.1, -0.05) is 18.2 Å². The van der Waals surface area contributed by atoms with E-state index in [1.165, 1.54) is 0 Å². The fraction of sp³-hybridized carbons (Fsp3) is 0.348. The average Bonchev–Trinajstić information content (AvgIpc) is 3.06. The summed E-state index contributed by atoms with van der Waals surface area (Å²) >= 11 is 0. The molecule has 1 aliphatic heterocycles. The Hall–Kier alpha value is -2.84. The minimum Gasteiger partial charge on any atom is -0.449 e. The van der Waals surface area contributed by atoms with Crippen molar-refractivity contribution in [1.29, 1.82) is 0 Å². The standard InChI is InChI=1S/C23H26N2O5S/c1-14-7-5-6-8-19(14)24-31(27,28)22-16(3)15(2)13-18-17(4)20(30-21(18)22)23(26)25-9-11-29-12-10-25/h5-8,13,24H,9-12H2,1-4H3. The van der Waals surface area contributed by atoms with Crippen LogP contribution in [0.15, 0.2) is 39.6 Å². The fourth-order valence-electron chi connectivity index (χ4n) is 3.86. The van der Waals surface area contributed by atoms with Gasteiger partial charge in [-0.25, -0.2) is 8.42 Å². The summed E-state index contributed by atoms with van der Waals surface area (Å²) in [6.07, 6.45) is 0. The van der Waals surface area contributed by atoms with E-state index in [1.54, 1.807) is 30.9 Å². The van der Waals surface area contributed by atoms with Crippen LogP contribution >= 0.6 is 0 Å². The van der Waals surface area contributed by atoms with Crippen LogP contribution in [-0.2, 0) is 14.8 Å². The van der Waals surface area contributed by atoms with Crippen LogP contribution in [-0.4, -0.2) is 45.5 Å². The van der Waals surface area contributed by atoms with Crippen molar-refractivity contribution in [3.63, 3.8) is 0 Å². The number of benzene rings is 2. The molecule has 1 fully saturated rings. The maximum absolute atomic E-state index is 13.4. The maximum Gasteiger partial charge on any atom is 0.290 e. The Morgan fingerprint density at radius 2 is 1.68 bits per heavy atom. The third-order valence-corrected chi connectivity index (χ3v) is 7.36. The highest BCUT2D eigenvalue weighted by Gasteiger charge is 2.30. The number of carbonyl (C=O) groups is 1. The molecular weight excluding hydrogens is 416 g/mol. The minimum absolute atomic E-state index is 0.0647. The van der Waals surface area contributed by atoms with Gasteiger partial charge in [0.2, 0.25) is 0 Å². The lowest BCUT2D eigenvalue weighted by atomic mass is 10.0. The molecule has 0 spiro atoms. The van der Waals surface area contributed by atoms with E-state index < -0.39 is 10.0 Å². The summed E-state index contributed by atoms with van der Waals surface area (Å²) in [6.45, 7) is 9.15.